The fourth-order valence-electron chi connectivity index (χ4n) is 4.00. The Labute approximate surface area is 181 Å². The number of anilines is 1. The van der Waals surface area contributed by atoms with Gasteiger partial charge in [0.2, 0.25) is 5.91 Å². The van der Waals surface area contributed by atoms with Crippen LogP contribution >= 0.6 is 0 Å². The van der Waals surface area contributed by atoms with Gasteiger partial charge in [-0.1, -0.05) is 0 Å². The second-order valence-electron chi connectivity index (χ2n) is 7.87. The third kappa shape index (κ3) is 6.19. The van der Waals surface area contributed by atoms with Crippen molar-refractivity contribution in [2.75, 3.05) is 51.7 Å². The monoisotopic (exact) mass is 440 g/mol. The standard InChI is InChI=1S/C21H30F2N4O4/c1-15-5-3-4-8-27(15)19(28)14-25-9-11-26(12-10-25)21(29)24-16-6-7-17(30-2)18(13-16)31-20(22)23/h6-7,13,15,20H,3-5,8-12,14H2,1-2H3,(H,24,29). The number of carbonyl (C=O) groups excluding carboxylic acids is 2. The number of piperazine rings is 1. The number of ether oxygens (including phenoxy) is 2. The minimum Gasteiger partial charge on any atom is -0.493 e. The maximum absolute atomic E-state index is 12.6. The summed E-state index contributed by atoms with van der Waals surface area (Å²) in [4.78, 5) is 30.9. The number of carbonyl (C=O) groups is 2. The number of methoxy groups -OCH3 is 1. The van der Waals surface area contributed by atoms with Crippen molar-refractivity contribution >= 4 is 17.6 Å². The van der Waals surface area contributed by atoms with Crippen LogP contribution in [0.5, 0.6) is 11.5 Å². The largest absolute Gasteiger partial charge is 0.493 e. The molecular weight excluding hydrogens is 410 g/mol. The number of hydrogen-bond acceptors (Lipinski definition) is 5. The third-order valence-corrected chi connectivity index (χ3v) is 5.77. The van der Waals surface area contributed by atoms with E-state index in [4.69, 9.17) is 4.74 Å². The molecule has 1 unspecified atom stereocenters. The third-order valence-electron chi connectivity index (χ3n) is 5.77. The Balaban J connectivity index is 1.49. The average Bonchev–Trinajstić information content (AvgIpc) is 2.74. The number of rotatable bonds is 6. The van der Waals surface area contributed by atoms with Gasteiger partial charge in [0.15, 0.2) is 11.5 Å². The molecule has 0 spiro atoms. The molecule has 31 heavy (non-hydrogen) atoms. The van der Waals surface area contributed by atoms with Crippen LogP contribution in [0.25, 0.3) is 0 Å². The van der Waals surface area contributed by atoms with Crippen LogP contribution in [0.2, 0.25) is 0 Å². The Morgan fingerprint density at radius 2 is 1.87 bits per heavy atom. The molecule has 1 N–H and O–H groups in total. The number of halogens is 2. The Morgan fingerprint density at radius 1 is 1.13 bits per heavy atom. The van der Waals surface area contributed by atoms with Gasteiger partial charge < -0.3 is 24.6 Å². The van der Waals surface area contributed by atoms with Gasteiger partial charge in [0, 0.05) is 50.5 Å². The van der Waals surface area contributed by atoms with E-state index in [2.05, 4.69) is 21.9 Å². The first-order valence-electron chi connectivity index (χ1n) is 10.6. The summed E-state index contributed by atoms with van der Waals surface area (Å²) in [6, 6.07) is 4.28. The van der Waals surface area contributed by atoms with Crippen LogP contribution in [0.4, 0.5) is 19.3 Å². The normalized spacial score (nSPS) is 20.0. The zero-order valence-corrected chi connectivity index (χ0v) is 18.0. The van der Waals surface area contributed by atoms with Crippen LogP contribution in [-0.2, 0) is 4.79 Å². The van der Waals surface area contributed by atoms with Gasteiger partial charge in [0.25, 0.3) is 0 Å². The highest BCUT2D eigenvalue weighted by atomic mass is 19.3. The molecule has 8 nitrogen and oxygen atoms in total. The molecule has 10 heteroatoms. The Kier molecular flexibility index (Phi) is 7.89. The molecule has 3 amide bonds. The van der Waals surface area contributed by atoms with Crippen molar-refractivity contribution in [3.63, 3.8) is 0 Å². The lowest BCUT2D eigenvalue weighted by Gasteiger charge is -2.38. The molecule has 0 aliphatic carbocycles. The van der Waals surface area contributed by atoms with Crippen LogP contribution in [0.3, 0.4) is 0 Å². The first-order valence-corrected chi connectivity index (χ1v) is 10.6. The van der Waals surface area contributed by atoms with Crippen LogP contribution in [0, 0.1) is 0 Å². The fraction of sp³-hybridized carbons (Fsp3) is 0.619. The number of piperidine rings is 1. The molecule has 2 saturated heterocycles. The Hall–Kier alpha value is -2.62. The predicted molar refractivity (Wildman–Crippen MR) is 112 cm³/mol. The Morgan fingerprint density at radius 3 is 2.52 bits per heavy atom. The average molecular weight is 440 g/mol. The minimum absolute atomic E-state index is 0.148. The molecule has 172 valence electrons. The van der Waals surface area contributed by atoms with Crippen molar-refractivity contribution in [2.45, 2.75) is 38.8 Å². The number of amides is 3. The summed E-state index contributed by atoms with van der Waals surface area (Å²) in [6.07, 6.45) is 3.28. The Bertz CT molecular complexity index is 772. The van der Waals surface area contributed by atoms with Gasteiger partial charge >= 0.3 is 12.6 Å². The molecule has 3 rings (SSSR count). The quantitative estimate of drug-likeness (QED) is 0.737. The van der Waals surface area contributed by atoms with Crippen LogP contribution in [0.15, 0.2) is 18.2 Å². The number of hydrogen-bond donors (Lipinski definition) is 1. The number of benzene rings is 1. The van der Waals surface area contributed by atoms with E-state index in [0.29, 0.717) is 38.4 Å². The van der Waals surface area contributed by atoms with E-state index in [1.165, 1.54) is 25.7 Å². The summed E-state index contributed by atoms with van der Waals surface area (Å²) in [7, 11) is 1.35. The van der Waals surface area contributed by atoms with Gasteiger partial charge in [-0.15, -0.1) is 0 Å². The molecule has 0 bridgehead atoms. The van der Waals surface area contributed by atoms with Crippen molar-refractivity contribution in [2.24, 2.45) is 0 Å². The van der Waals surface area contributed by atoms with E-state index >= 15 is 0 Å². The van der Waals surface area contributed by atoms with E-state index in [1.807, 2.05) is 4.90 Å². The summed E-state index contributed by atoms with van der Waals surface area (Å²) < 4.78 is 34.6. The number of urea groups is 1. The molecule has 1 aromatic carbocycles. The maximum Gasteiger partial charge on any atom is 0.387 e. The number of likely N-dealkylation sites (tertiary alicyclic amines) is 1. The minimum atomic E-state index is -3.00. The van der Waals surface area contributed by atoms with Gasteiger partial charge in [-0.3, -0.25) is 9.69 Å². The van der Waals surface area contributed by atoms with Gasteiger partial charge in [0.05, 0.1) is 13.7 Å². The summed E-state index contributed by atoms with van der Waals surface area (Å²) in [5.41, 5.74) is 0.332. The lowest BCUT2D eigenvalue weighted by molar-refractivity contribution is -0.136. The van der Waals surface area contributed by atoms with Crippen molar-refractivity contribution in [1.82, 2.24) is 14.7 Å². The second-order valence-corrected chi connectivity index (χ2v) is 7.87. The molecular formula is C21H30F2N4O4. The van der Waals surface area contributed by atoms with Gasteiger partial charge in [-0.2, -0.15) is 8.78 Å². The molecule has 2 heterocycles. The molecule has 1 aromatic rings. The fourth-order valence-corrected chi connectivity index (χ4v) is 4.00. The maximum atomic E-state index is 12.6. The van der Waals surface area contributed by atoms with Crippen LogP contribution < -0.4 is 14.8 Å². The molecule has 0 saturated carbocycles. The van der Waals surface area contributed by atoms with E-state index in [9.17, 15) is 18.4 Å². The first kappa shape index (κ1) is 23.1. The van der Waals surface area contributed by atoms with Crippen LogP contribution in [0.1, 0.15) is 26.2 Å². The highest BCUT2D eigenvalue weighted by molar-refractivity contribution is 5.89. The van der Waals surface area contributed by atoms with E-state index in [0.717, 1.165) is 19.4 Å². The van der Waals surface area contributed by atoms with Crippen LogP contribution in [-0.4, -0.2) is 85.7 Å². The zero-order valence-electron chi connectivity index (χ0n) is 18.0. The van der Waals surface area contributed by atoms with Crippen molar-refractivity contribution < 1.29 is 27.8 Å². The SMILES string of the molecule is COc1ccc(NC(=O)N2CCN(CC(=O)N3CCCCC3C)CC2)cc1OC(F)F. The summed E-state index contributed by atoms with van der Waals surface area (Å²) >= 11 is 0. The smallest absolute Gasteiger partial charge is 0.387 e. The molecule has 2 aliphatic heterocycles. The highest BCUT2D eigenvalue weighted by Crippen LogP contribution is 2.31. The van der Waals surface area contributed by atoms with Crippen molar-refractivity contribution in [3.8, 4) is 11.5 Å². The van der Waals surface area contributed by atoms with E-state index in [-0.39, 0.29) is 29.5 Å². The first-order chi connectivity index (χ1) is 14.9. The summed E-state index contributed by atoms with van der Waals surface area (Å²) in [6.45, 7) is 2.44. The summed E-state index contributed by atoms with van der Waals surface area (Å²) in [5.74, 6) is 0.153. The highest BCUT2D eigenvalue weighted by Gasteiger charge is 2.27. The van der Waals surface area contributed by atoms with Gasteiger partial charge in [-0.25, -0.2) is 4.79 Å². The summed E-state index contributed by atoms with van der Waals surface area (Å²) in [5, 5.41) is 2.70. The molecule has 2 fully saturated rings. The second kappa shape index (κ2) is 10.6. The van der Waals surface area contributed by atoms with Crippen molar-refractivity contribution in [1.29, 1.82) is 0 Å². The van der Waals surface area contributed by atoms with Gasteiger partial charge in [0.1, 0.15) is 0 Å². The topological polar surface area (TPSA) is 74.4 Å². The van der Waals surface area contributed by atoms with Gasteiger partial charge in [-0.05, 0) is 38.3 Å². The molecule has 1 atom stereocenters. The zero-order chi connectivity index (χ0) is 22.4. The lowest BCUT2D eigenvalue weighted by Crippen LogP contribution is -2.53. The number of alkyl halides is 2. The molecule has 0 aromatic heterocycles. The predicted octanol–water partition coefficient (Wildman–Crippen LogP) is 2.85. The molecule has 2 aliphatic rings. The number of nitrogens with one attached hydrogen (secondary N) is 1. The van der Waals surface area contributed by atoms with E-state index in [1.54, 1.807) is 11.0 Å². The lowest BCUT2D eigenvalue weighted by atomic mass is 10.0. The molecule has 0 radical (unpaired) electrons. The van der Waals surface area contributed by atoms with E-state index < -0.39 is 6.61 Å². The number of nitrogens with zero attached hydrogens (tertiary/aromatic N) is 3. The van der Waals surface area contributed by atoms with Crippen molar-refractivity contribution in [3.05, 3.63) is 18.2 Å².